The topological polar surface area (TPSA) is 93.0 Å². The maximum absolute atomic E-state index is 13.8. The van der Waals surface area contributed by atoms with Gasteiger partial charge in [0.15, 0.2) is 0 Å². The normalized spacial score (nSPS) is 10.5. The first-order chi connectivity index (χ1) is 12.8. The molecule has 1 heterocycles. The van der Waals surface area contributed by atoms with Crippen LogP contribution >= 0.6 is 23.2 Å². The summed E-state index contributed by atoms with van der Waals surface area (Å²) in [6.07, 6.45) is 1.03. The molecule has 0 radical (unpaired) electrons. The fraction of sp³-hybridized carbons (Fsp3) is 0. The Morgan fingerprint density at radius 3 is 2.26 bits per heavy atom. The Morgan fingerprint density at radius 1 is 0.963 bits per heavy atom. The fourth-order valence-corrected chi connectivity index (χ4v) is 2.63. The number of halogens is 4. The third-order valence-electron chi connectivity index (χ3n) is 3.37. The van der Waals surface area contributed by atoms with Gasteiger partial charge in [-0.1, -0.05) is 23.2 Å². The Bertz CT molecular complexity index is 1040. The first-order valence-corrected chi connectivity index (χ1v) is 8.04. The van der Waals surface area contributed by atoms with Gasteiger partial charge in [-0.2, -0.15) is 0 Å². The minimum absolute atomic E-state index is 0.196. The highest BCUT2D eigenvalue weighted by Gasteiger charge is 2.24. The van der Waals surface area contributed by atoms with E-state index < -0.39 is 22.2 Å². The molecule has 0 aliphatic rings. The smallest absolute Gasteiger partial charge is 0.333 e. The second-order valence-corrected chi connectivity index (χ2v) is 6.02. The molecule has 11 heteroatoms. The molecule has 0 saturated carbocycles. The van der Waals surface area contributed by atoms with E-state index in [9.17, 15) is 18.9 Å². The minimum Gasteiger partial charge on any atom is -0.333 e. The van der Waals surface area contributed by atoms with E-state index >= 15 is 0 Å². The zero-order valence-electron chi connectivity index (χ0n) is 13.2. The molecule has 0 bridgehead atoms. The monoisotopic (exact) mass is 411 g/mol. The van der Waals surface area contributed by atoms with Crippen LogP contribution in [-0.2, 0) is 0 Å². The molecule has 0 atom stereocenters. The zero-order chi connectivity index (χ0) is 19.6. The summed E-state index contributed by atoms with van der Waals surface area (Å²) in [4.78, 5) is 18.4. The van der Waals surface area contributed by atoms with Crippen molar-refractivity contribution < 1.29 is 13.7 Å². The number of hydrogen-bond donors (Lipinski definition) is 2. The Morgan fingerprint density at radius 2 is 1.63 bits per heavy atom. The lowest BCUT2D eigenvalue weighted by Gasteiger charge is -2.11. The molecule has 3 aromatic rings. The summed E-state index contributed by atoms with van der Waals surface area (Å²) in [6, 6.07) is 7.14. The number of nitro groups is 1. The maximum atomic E-state index is 13.8. The summed E-state index contributed by atoms with van der Waals surface area (Å²) >= 11 is 11.9. The van der Waals surface area contributed by atoms with Crippen molar-refractivity contribution in [1.29, 1.82) is 0 Å². The number of anilines is 4. The number of rotatable bonds is 5. The van der Waals surface area contributed by atoms with Gasteiger partial charge in [-0.15, -0.1) is 0 Å². The Balaban J connectivity index is 2.02. The molecule has 0 spiro atoms. The summed E-state index contributed by atoms with van der Waals surface area (Å²) in [5, 5.41) is 17.2. The summed E-state index contributed by atoms with van der Waals surface area (Å²) in [6.45, 7) is 0. The minimum atomic E-state index is -0.806. The second kappa shape index (κ2) is 7.68. The van der Waals surface area contributed by atoms with Crippen molar-refractivity contribution in [3.63, 3.8) is 0 Å². The summed E-state index contributed by atoms with van der Waals surface area (Å²) < 4.78 is 27.2. The molecule has 3 rings (SSSR count). The standard InChI is InChI=1S/C16H9Cl2F2N5O2/c17-8-1-4-12(10(18)5-8)23-15-14(25(26)27)16(22-7-21-15)24-13-6-9(19)2-3-11(13)20/h1-7H,(H2,21,22,23,24). The van der Waals surface area contributed by atoms with Crippen LogP contribution in [-0.4, -0.2) is 14.9 Å². The van der Waals surface area contributed by atoms with Gasteiger partial charge in [0.05, 0.1) is 21.3 Å². The van der Waals surface area contributed by atoms with Crippen LogP contribution in [0, 0.1) is 21.7 Å². The van der Waals surface area contributed by atoms with Crippen molar-refractivity contribution in [3.05, 3.63) is 74.5 Å². The SMILES string of the molecule is O=[N+]([O-])c1c(Nc2cc(F)ccc2F)ncnc1Nc1ccc(Cl)cc1Cl. The molecule has 0 unspecified atom stereocenters. The second-order valence-electron chi connectivity index (χ2n) is 5.17. The molecule has 0 aliphatic carbocycles. The Kier molecular flexibility index (Phi) is 5.33. The van der Waals surface area contributed by atoms with Crippen LogP contribution in [0.25, 0.3) is 0 Å². The molecule has 0 amide bonds. The highest BCUT2D eigenvalue weighted by atomic mass is 35.5. The molecule has 0 fully saturated rings. The van der Waals surface area contributed by atoms with Crippen LogP contribution < -0.4 is 10.6 Å². The summed E-state index contributed by atoms with van der Waals surface area (Å²) in [7, 11) is 0. The zero-order valence-corrected chi connectivity index (χ0v) is 14.7. The molecule has 2 aromatic carbocycles. The van der Waals surface area contributed by atoms with Crippen LogP contribution in [0.15, 0.2) is 42.7 Å². The van der Waals surface area contributed by atoms with E-state index in [1.54, 1.807) is 0 Å². The lowest BCUT2D eigenvalue weighted by atomic mass is 10.3. The number of hydrogen-bond acceptors (Lipinski definition) is 6. The van der Waals surface area contributed by atoms with Gasteiger partial charge in [0.2, 0.25) is 11.6 Å². The highest BCUT2D eigenvalue weighted by Crippen LogP contribution is 2.35. The van der Waals surface area contributed by atoms with Gasteiger partial charge in [-0.3, -0.25) is 10.1 Å². The van der Waals surface area contributed by atoms with E-state index in [0.717, 1.165) is 24.5 Å². The Hall–Kier alpha value is -3.04. The predicted octanol–water partition coefficient (Wildman–Crippen LogP) is 5.46. The maximum Gasteiger partial charge on any atom is 0.353 e. The number of benzene rings is 2. The molecule has 0 saturated heterocycles. The summed E-state index contributed by atoms with van der Waals surface area (Å²) in [5.74, 6) is -2.05. The van der Waals surface area contributed by atoms with E-state index in [4.69, 9.17) is 23.2 Å². The number of nitrogens with one attached hydrogen (secondary N) is 2. The van der Waals surface area contributed by atoms with Crippen molar-refractivity contribution in [2.45, 2.75) is 0 Å². The van der Waals surface area contributed by atoms with E-state index in [1.807, 2.05) is 0 Å². The van der Waals surface area contributed by atoms with Crippen molar-refractivity contribution in [2.75, 3.05) is 10.6 Å². The first kappa shape index (κ1) is 18.7. The third kappa shape index (κ3) is 4.21. The Labute approximate surface area is 161 Å². The van der Waals surface area contributed by atoms with E-state index in [-0.39, 0.29) is 22.3 Å². The van der Waals surface area contributed by atoms with Gasteiger partial charge >= 0.3 is 5.69 Å². The van der Waals surface area contributed by atoms with Gasteiger partial charge in [0, 0.05) is 11.1 Å². The van der Waals surface area contributed by atoms with Crippen molar-refractivity contribution >= 4 is 51.9 Å². The van der Waals surface area contributed by atoms with Gasteiger partial charge in [0.1, 0.15) is 18.0 Å². The van der Waals surface area contributed by atoms with E-state index in [1.165, 1.54) is 18.2 Å². The summed E-state index contributed by atoms with van der Waals surface area (Å²) in [5.41, 5.74) is -0.579. The molecule has 138 valence electrons. The third-order valence-corrected chi connectivity index (χ3v) is 3.92. The number of nitrogens with zero attached hydrogens (tertiary/aromatic N) is 3. The van der Waals surface area contributed by atoms with Gasteiger partial charge in [-0.25, -0.2) is 18.7 Å². The van der Waals surface area contributed by atoms with Gasteiger partial charge in [0.25, 0.3) is 0 Å². The average molecular weight is 412 g/mol. The average Bonchev–Trinajstić information content (AvgIpc) is 2.60. The van der Waals surface area contributed by atoms with Gasteiger partial charge in [-0.05, 0) is 30.3 Å². The van der Waals surface area contributed by atoms with Crippen LogP contribution in [0.1, 0.15) is 0 Å². The molecule has 7 nitrogen and oxygen atoms in total. The van der Waals surface area contributed by atoms with Gasteiger partial charge < -0.3 is 10.6 Å². The van der Waals surface area contributed by atoms with E-state index in [2.05, 4.69) is 20.6 Å². The molecule has 27 heavy (non-hydrogen) atoms. The molecule has 0 aliphatic heterocycles. The predicted molar refractivity (Wildman–Crippen MR) is 98.1 cm³/mol. The van der Waals surface area contributed by atoms with E-state index in [0.29, 0.717) is 10.7 Å². The van der Waals surface area contributed by atoms with Crippen LogP contribution in [0.4, 0.5) is 37.5 Å². The van der Waals surface area contributed by atoms with Crippen molar-refractivity contribution in [1.82, 2.24) is 9.97 Å². The van der Waals surface area contributed by atoms with Crippen molar-refractivity contribution in [2.24, 2.45) is 0 Å². The molecular formula is C16H9Cl2F2N5O2. The quantitative estimate of drug-likeness (QED) is 0.427. The van der Waals surface area contributed by atoms with Crippen LogP contribution in [0.2, 0.25) is 10.0 Å². The molecule has 1 aromatic heterocycles. The van der Waals surface area contributed by atoms with Crippen molar-refractivity contribution in [3.8, 4) is 0 Å². The highest BCUT2D eigenvalue weighted by molar-refractivity contribution is 6.36. The lowest BCUT2D eigenvalue weighted by molar-refractivity contribution is -0.383. The lowest BCUT2D eigenvalue weighted by Crippen LogP contribution is -2.06. The molecular weight excluding hydrogens is 403 g/mol. The molecule has 2 N–H and O–H groups in total. The largest absolute Gasteiger partial charge is 0.353 e. The van der Waals surface area contributed by atoms with Crippen LogP contribution in [0.5, 0.6) is 0 Å². The first-order valence-electron chi connectivity index (χ1n) is 7.28. The van der Waals surface area contributed by atoms with Crippen LogP contribution in [0.3, 0.4) is 0 Å². The number of aromatic nitrogens is 2. The fourth-order valence-electron chi connectivity index (χ4n) is 2.17.